The minimum atomic E-state index is -1.79. The van der Waals surface area contributed by atoms with Gasteiger partial charge in [0.05, 0.1) is 35.9 Å². The number of pyridine rings is 1. The van der Waals surface area contributed by atoms with Gasteiger partial charge in [-0.2, -0.15) is 0 Å². The third-order valence-electron chi connectivity index (χ3n) is 11.0. The third kappa shape index (κ3) is 8.87. The molecule has 1 aromatic heterocycles. The Bertz CT molecular complexity index is 1430. The van der Waals surface area contributed by atoms with Gasteiger partial charge in [0, 0.05) is 36.2 Å². The van der Waals surface area contributed by atoms with Crippen LogP contribution < -0.4 is 0 Å². The number of carbonyl (C=O) groups is 3. The van der Waals surface area contributed by atoms with Crippen LogP contribution in [0.3, 0.4) is 0 Å². The van der Waals surface area contributed by atoms with Crippen molar-refractivity contribution in [3.8, 4) is 0 Å². The number of fused-ring (bicyclic) bond motifs is 1. The highest BCUT2D eigenvalue weighted by Crippen LogP contribution is 2.42. The number of hydrogen-bond donors (Lipinski definition) is 3. The molecule has 0 radical (unpaired) electrons. The molecule has 1 aromatic rings. The average Bonchev–Trinajstić information content (AvgIpc) is 3.39. The molecule has 0 aromatic carbocycles. The van der Waals surface area contributed by atoms with Crippen molar-refractivity contribution in [1.29, 1.82) is 0 Å². The van der Waals surface area contributed by atoms with E-state index in [2.05, 4.69) is 10.1 Å². The molecule has 0 aliphatic carbocycles. The van der Waals surface area contributed by atoms with Gasteiger partial charge in [-0.1, -0.05) is 38.9 Å². The van der Waals surface area contributed by atoms with E-state index in [-0.39, 0.29) is 37.1 Å². The summed E-state index contributed by atoms with van der Waals surface area (Å²) in [6.07, 6.45) is -4.47. The number of carbonyl (C=O) groups excluding carboxylic acids is 3. The second kappa shape index (κ2) is 16.8. The summed E-state index contributed by atoms with van der Waals surface area (Å²) in [4.78, 5) is 46.3. The minimum absolute atomic E-state index is 0.0637. The lowest BCUT2D eigenvalue weighted by molar-refractivity contribution is -0.299. The topological polar surface area (TPSA) is 196 Å². The fourth-order valence-electron chi connectivity index (χ4n) is 8.29. The Morgan fingerprint density at radius 2 is 1.81 bits per heavy atom. The lowest BCUT2D eigenvalue weighted by atomic mass is 9.73. The van der Waals surface area contributed by atoms with Gasteiger partial charge in [0.2, 0.25) is 0 Å². The zero-order valence-corrected chi connectivity index (χ0v) is 31.9. The van der Waals surface area contributed by atoms with Crippen molar-refractivity contribution in [3.05, 3.63) is 30.1 Å². The van der Waals surface area contributed by atoms with E-state index in [1.165, 1.54) is 13.1 Å². The molecule has 3 fully saturated rings. The maximum Gasteiger partial charge on any atom is 0.509 e. The van der Waals surface area contributed by atoms with E-state index < -0.39 is 89.8 Å². The van der Waals surface area contributed by atoms with Crippen molar-refractivity contribution >= 4 is 23.8 Å². The molecular formula is C37H57N3O12. The first kappa shape index (κ1) is 41.4. The molecule has 4 heterocycles. The SMILES string of the molecule is CC[C@H]1OC(=O)[C@H](C)[C@@H](OC(=O)Cc2cccnc2)[C@H](C)[C@@H](OC2O[C@H](C)C[C@H](N(C)C)[C@H]2O)[C@@](C)(O)C[C@@H](C)/C(=N\O)[C@H](C)[C@H]2OC(=O)O[C@@]21C. The number of oxime groups is 1. The maximum atomic E-state index is 14.1. The molecule has 0 amide bonds. The zero-order chi connectivity index (χ0) is 38.7. The van der Waals surface area contributed by atoms with Crippen LogP contribution in [0.5, 0.6) is 0 Å². The summed E-state index contributed by atoms with van der Waals surface area (Å²) in [5.41, 5.74) is -2.49. The van der Waals surface area contributed by atoms with E-state index in [0.717, 1.165) is 0 Å². The molecule has 14 atom stereocenters. The highest BCUT2D eigenvalue weighted by atomic mass is 16.8. The van der Waals surface area contributed by atoms with Gasteiger partial charge in [0.25, 0.3) is 0 Å². The molecular weight excluding hydrogens is 678 g/mol. The van der Waals surface area contributed by atoms with Gasteiger partial charge in [-0.15, -0.1) is 0 Å². The van der Waals surface area contributed by atoms with Crippen LogP contribution in [-0.2, 0) is 44.4 Å². The molecule has 3 saturated heterocycles. The van der Waals surface area contributed by atoms with Crippen LogP contribution in [0.2, 0.25) is 0 Å². The summed E-state index contributed by atoms with van der Waals surface area (Å²) >= 11 is 0. The number of likely N-dealkylation sites (N-methyl/N-ethyl adjacent to an activating group) is 1. The molecule has 3 aliphatic rings. The Labute approximate surface area is 305 Å². The van der Waals surface area contributed by atoms with Gasteiger partial charge in [0.15, 0.2) is 18.0 Å². The summed E-state index contributed by atoms with van der Waals surface area (Å²) < 4.78 is 36.2. The number of aromatic nitrogens is 1. The van der Waals surface area contributed by atoms with Crippen molar-refractivity contribution in [1.82, 2.24) is 9.88 Å². The number of cyclic esters (lactones) is 1. The number of nitrogens with zero attached hydrogens (tertiary/aromatic N) is 3. The number of aliphatic hydroxyl groups is 2. The number of ether oxygens (including phenoxy) is 6. The van der Waals surface area contributed by atoms with Crippen molar-refractivity contribution in [2.24, 2.45) is 28.8 Å². The number of aliphatic hydroxyl groups excluding tert-OH is 1. The van der Waals surface area contributed by atoms with E-state index in [9.17, 15) is 29.8 Å². The fourth-order valence-corrected chi connectivity index (χ4v) is 8.29. The molecule has 15 heteroatoms. The van der Waals surface area contributed by atoms with Gasteiger partial charge in [0.1, 0.15) is 18.3 Å². The number of esters is 2. The fraction of sp³-hybridized carbons (Fsp3) is 0.757. The highest BCUT2D eigenvalue weighted by Gasteiger charge is 2.59. The first-order chi connectivity index (χ1) is 24.3. The van der Waals surface area contributed by atoms with E-state index in [4.69, 9.17) is 28.4 Å². The van der Waals surface area contributed by atoms with Gasteiger partial charge in [-0.05, 0) is 72.7 Å². The quantitative estimate of drug-likeness (QED) is 0.159. The Hall–Kier alpha value is -3.37. The molecule has 0 bridgehead atoms. The van der Waals surface area contributed by atoms with Gasteiger partial charge in [-0.25, -0.2) is 4.79 Å². The van der Waals surface area contributed by atoms with Gasteiger partial charge >= 0.3 is 18.1 Å². The lowest BCUT2D eigenvalue weighted by Crippen LogP contribution is -2.60. The maximum absolute atomic E-state index is 14.1. The van der Waals surface area contributed by atoms with Crippen LogP contribution in [0.4, 0.5) is 4.79 Å². The first-order valence-corrected chi connectivity index (χ1v) is 18.1. The van der Waals surface area contributed by atoms with Crippen LogP contribution in [0.1, 0.15) is 80.2 Å². The van der Waals surface area contributed by atoms with Gasteiger partial charge in [-0.3, -0.25) is 14.6 Å². The van der Waals surface area contributed by atoms with Crippen LogP contribution in [-0.4, -0.2) is 123 Å². The Morgan fingerprint density at radius 3 is 2.40 bits per heavy atom. The van der Waals surface area contributed by atoms with Crippen molar-refractivity contribution in [2.45, 2.75) is 141 Å². The van der Waals surface area contributed by atoms with E-state index in [0.29, 0.717) is 12.0 Å². The molecule has 0 spiro atoms. The third-order valence-corrected chi connectivity index (χ3v) is 11.0. The first-order valence-electron chi connectivity index (χ1n) is 18.1. The summed E-state index contributed by atoms with van der Waals surface area (Å²) in [5.74, 6) is -4.85. The van der Waals surface area contributed by atoms with Crippen LogP contribution >= 0.6 is 0 Å². The molecule has 3 N–H and O–H groups in total. The van der Waals surface area contributed by atoms with E-state index >= 15 is 0 Å². The number of rotatable bonds is 7. The Morgan fingerprint density at radius 1 is 1.12 bits per heavy atom. The lowest BCUT2D eigenvalue weighted by Gasteiger charge is -2.47. The molecule has 15 nitrogen and oxygen atoms in total. The van der Waals surface area contributed by atoms with Gasteiger partial charge < -0.3 is 48.7 Å². The second-order valence-corrected chi connectivity index (χ2v) is 15.5. The van der Waals surface area contributed by atoms with Crippen molar-refractivity contribution in [2.75, 3.05) is 14.1 Å². The second-order valence-electron chi connectivity index (χ2n) is 15.5. The molecule has 52 heavy (non-hydrogen) atoms. The van der Waals surface area contributed by atoms with Crippen LogP contribution in [0.15, 0.2) is 29.7 Å². The molecule has 4 rings (SSSR count). The summed E-state index contributed by atoms with van der Waals surface area (Å²) in [5, 5.41) is 37.9. The minimum Gasteiger partial charge on any atom is -0.461 e. The summed E-state index contributed by atoms with van der Waals surface area (Å²) in [6.45, 7) is 13.5. The van der Waals surface area contributed by atoms with E-state index in [1.54, 1.807) is 59.9 Å². The predicted molar refractivity (Wildman–Crippen MR) is 186 cm³/mol. The van der Waals surface area contributed by atoms with Crippen LogP contribution in [0.25, 0.3) is 0 Å². The number of hydrogen-bond acceptors (Lipinski definition) is 15. The predicted octanol–water partition coefficient (Wildman–Crippen LogP) is 3.49. The summed E-state index contributed by atoms with van der Waals surface area (Å²) in [6, 6.07) is 3.08. The monoisotopic (exact) mass is 735 g/mol. The van der Waals surface area contributed by atoms with E-state index in [1.807, 2.05) is 25.9 Å². The molecule has 292 valence electrons. The molecule has 3 aliphatic heterocycles. The zero-order valence-electron chi connectivity index (χ0n) is 31.9. The standard InChI is InChI=1S/C37H57N3O12/c1-11-26-37(8)32(51-35(44)52-37)21(4)28(39-46)19(2)17-36(7,45)31(50-34-29(42)25(40(9)10)15-20(3)47-34)22(5)30(23(6)33(43)48-26)49-27(41)16-24-13-12-14-38-18-24/h12-14,18-23,25-26,29-32,34,42,45-46H,11,15-17H2,1-10H3/b39-28+/t19-,20-,21+,22+,23-,25+,26-,29-,30+,31-,32-,34?,36+,37-/m1/s1. The van der Waals surface area contributed by atoms with Crippen molar-refractivity contribution < 1.29 is 58.2 Å². The Kier molecular flexibility index (Phi) is 13.3. The normalized spacial score (nSPS) is 41.4. The molecule has 1 unspecified atom stereocenters. The van der Waals surface area contributed by atoms with Crippen molar-refractivity contribution in [3.63, 3.8) is 0 Å². The smallest absolute Gasteiger partial charge is 0.461 e. The highest BCUT2D eigenvalue weighted by molar-refractivity contribution is 5.89. The largest absolute Gasteiger partial charge is 0.509 e. The summed E-state index contributed by atoms with van der Waals surface area (Å²) in [7, 11) is 3.68. The van der Waals surface area contributed by atoms with Crippen LogP contribution in [0, 0.1) is 23.7 Å². The average molecular weight is 736 g/mol. The Balaban J connectivity index is 1.83. The molecule has 0 saturated carbocycles.